The Morgan fingerprint density at radius 1 is 1.50 bits per heavy atom. The Bertz CT molecular complexity index is 379. The summed E-state index contributed by atoms with van der Waals surface area (Å²) >= 11 is 0. The van der Waals surface area contributed by atoms with Gasteiger partial charge in [-0.3, -0.25) is 4.79 Å². The van der Waals surface area contributed by atoms with Crippen LogP contribution in [-0.2, 0) is 4.79 Å². The quantitative estimate of drug-likeness (QED) is 0.654. The summed E-state index contributed by atoms with van der Waals surface area (Å²) in [7, 11) is 0. The molecule has 4 heteroatoms. The van der Waals surface area contributed by atoms with Crippen LogP contribution in [0.3, 0.4) is 0 Å². The van der Waals surface area contributed by atoms with Crippen molar-refractivity contribution in [3.8, 4) is 0 Å². The molecule has 16 heavy (non-hydrogen) atoms. The molecule has 2 rings (SSSR count). The van der Waals surface area contributed by atoms with Crippen molar-refractivity contribution in [1.29, 1.82) is 0 Å². The highest BCUT2D eigenvalue weighted by Crippen LogP contribution is 2.30. The van der Waals surface area contributed by atoms with E-state index in [4.69, 9.17) is 5.11 Å². The van der Waals surface area contributed by atoms with Crippen molar-refractivity contribution in [3.63, 3.8) is 0 Å². The normalized spacial score (nSPS) is 17.7. The monoisotopic (exact) mass is 220 g/mol. The molecule has 0 aliphatic carbocycles. The van der Waals surface area contributed by atoms with Crippen molar-refractivity contribution in [3.05, 3.63) is 29.8 Å². The summed E-state index contributed by atoms with van der Waals surface area (Å²) in [5, 5.41) is 14.7. The van der Waals surface area contributed by atoms with Gasteiger partial charge in [0.25, 0.3) is 0 Å². The number of rotatable bonds is 4. The zero-order chi connectivity index (χ0) is 11.4. The Balaban J connectivity index is 1.99. The van der Waals surface area contributed by atoms with E-state index in [9.17, 15) is 4.79 Å². The summed E-state index contributed by atoms with van der Waals surface area (Å²) in [6.07, 6.45) is 0.605. The average molecular weight is 220 g/mol. The van der Waals surface area contributed by atoms with Gasteiger partial charge in [-0.25, -0.2) is 0 Å². The van der Waals surface area contributed by atoms with Crippen LogP contribution in [-0.4, -0.2) is 30.7 Å². The van der Waals surface area contributed by atoms with E-state index in [1.165, 1.54) is 0 Å². The lowest BCUT2D eigenvalue weighted by molar-refractivity contribution is -0.122. The van der Waals surface area contributed by atoms with Gasteiger partial charge in [-0.05, 0) is 18.1 Å². The molecule has 1 heterocycles. The third-order valence-electron chi connectivity index (χ3n) is 2.78. The van der Waals surface area contributed by atoms with Gasteiger partial charge in [0.1, 0.15) is 0 Å². The van der Waals surface area contributed by atoms with Gasteiger partial charge in [0.15, 0.2) is 0 Å². The number of amides is 1. The van der Waals surface area contributed by atoms with Crippen molar-refractivity contribution in [2.24, 2.45) is 0 Å². The molecular formula is C12H16N2O2. The van der Waals surface area contributed by atoms with E-state index in [2.05, 4.69) is 10.6 Å². The highest BCUT2D eigenvalue weighted by molar-refractivity contribution is 5.88. The number of para-hydroxylation sites is 1. The second kappa shape index (κ2) is 4.99. The minimum Gasteiger partial charge on any atom is -0.396 e. The number of fused-ring (bicyclic) bond motifs is 1. The lowest BCUT2D eigenvalue weighted by Gasteiger charge is -2.10. The van der Waals surface area contributed by atoms with Crippen molar-refractivity contribution in [1.82, 2.24) is 5.32 Å². The van der Waals surface area contributed by atoms with Gasteiger partial charge in [0, 0.05) is 25.4 Å². The van der Waals surface area contributed by atoms with E-state index < -0.39 is 0 Å². The Morgan fingerprint density at radius 2 is 2.31 bits per heavy atom. The van der Waals surface area contributed by atoms with E-state index in [1.54, 1.807) is 0 Å². The third kappa shape index (κ3) is 2.17. The lowest BCUT2D eigenvalue weighted by Crippen LogP contribution is -2.31. The Morgan fingerprint density at radius 3 is 3.12 bits per heavy atom. The molecule has 1 unspecified atom stereocenters. The van der Waals surface area contributed by atoms with Crippen LogP contribution in [0.5, 0.6) is 0 Å². The lowest BCUT2D eigenvalue weighted by atomic mass is 10.0. The van der Waals surface area contributed by atoms with Crippen LogP contribution in [0.4, 0.5) is 5.69 Å². The topological polar surface area (TPSA) is 61.4 Å². The first kappa shape index (κ1) is 11.0. The summed E-state index contributed by atoms with van der Waals surface area (Å²) in [5.41, 5.74) is 2.11. The van der Waals surface area contributed by atoms with Crippen LogP contribution in [0.1, 0.15) is 17.9 Å². The summed E-state index contributed by atoms with van der Waals surface area (Å²) in [6, 6.07) is 7.86. The number of nitrogens with one attached hydrogen (secondary N) is 2. The molecule has 0 aromatic heterocycles. The maximum absolute atomic E-state index is 11.9. The summed E-state index contributed by atoms with van der Waals surface area (Å²) in [4.78, 5) is 11.9. The fourth-order valence-corrected chi connectivity index (χ4v) is 1.93. The largest absolute Gasteiger partial charge is 0.396 e. The first-order valence-electron chi connectivity index (χ1n) is 5.54. The average Bonchev–Trinajstić information content (AvgIpc) is 2.73. The van der Waals surface area contributed by atoms with Gasteiger partial charge in [-0.2, -0.15) is 0 Å². The molecule has 1 aliphatic heterocycles. The van der Waals surface area contributed by atoms with Crippen LogP contribution >= 0.6 is 0 Å². The highest BCUT2D eigenvalue weighted by atomic mass is 16.3. The molecule has 0 saturated heterocycles. The number of anilines is 1. The number of benzene rings is 1. The van der Waals surface area contributed by atoms with Crippen LogP contribution in [0.2, 0.25) is 0 Å². The zero-order valence-electron chi connectivity index (χ0n) is 9.07. The summed E-state index contributed by atoms with van der Waals surface area (Å²) in [6.45, 7) is 1.30. The van der Waals surface area contributed by atoms with Crippen LogP contribution in [0, 0.1) is 0 Å². The fraction of sp³-hybridized carbons (Fsp3) is 0.417. The first-order valence-corrected chi connectivity index (χ1v) is 5.54. The SMILES string of the molecule is O=C(NCCCO)C1CNc2ccccc21. The smallest absolute Gasteiger partial charge is 0.229 e. The maximum Gasteiger partial charge on any atom is 0.229 e. The van der Waals surface area contributed by atoms with Crippen LogP contribution in [0.15, 0.2) is 24.3 Å². The van der Waals surface area contributed by atoms with Crippen molar-refractivity contribution >= 4 is 11.6 Å². The van der Waals surface area contributed by atoms with Crippen LogP contribution < -0.4 is 10.6 Å². The van der Waals surface area contributed by atoms with Crippen molar-refractivity contribution in [2.75, 3.05) is 25.0 Å². The minimum absolute atomic E-state index is 0.0332. The molecule has 0 radical (unpaired) electrons. The second-order valence-electron chi connectivity index (χ2n) is 3.89. The Hall–Kier alpha value is -1.55. The van der Waals surface area contributed by atoms with Crippen molar-refractivity contribution < 1.29 is 9.90 Å². The van der Waals surface area contributed by atoms with E-state index in [-0.39, 0.29) is 18.4 Å². The van der Waals surface area contributed by atoms with Crippen molar-refractivity contribution in [2.45, 2.75) is 12.3 Å². The number of hydrogen-bond donors (Lipinski definition) is 3. The molecule has 1 atom stereocenters. The van der Waals surface area contributed by atoms with E-state index in [1.807, 2.05) is 24.3 Å². The predicted molar refractivity (Wildman–Crippen MR) is 62.4 cm³/mol. The van der Waals surface area contributed by atoms with Gasteiger partial charge in [-0.1, -0.05) is 18.2 Å². The number of aliphatic hydroxyl groups is 1. The number of hydrogen-bond acceptors (Lipinski definition) is 3. The van der Waals surface area contributed by atoms with Gasteiger partial charge in [-0.15, -0.1) is 0 Å². The Labute approximate surface area is 94.7 Å². The van der Waals surface area contributed by atoms with Gasteiger partial charge >= 0.3 is 0 Å². The Kier molecular flexibility index (Phi) is 3.41. The molecule has 3 N–H and O–H groups in total. The predicted octanol–water partition coefficient (Wildman–Crippen LogP) is 0.694. The molecule has 0 bridgehead atoms. The maximum atomic E-state index is 11.9. The molecule has 4 nitrogen and oxygen atoms in total. The van der Waals surface area contributed by atoms with Gasteiger partial charge in [0.05, 0.1) is 5.92 Å². The molecule has 1 aromatic rings. The molecule has 86 valence electrons. The minimum atomic E-state index is -0.102. The molecule has 0 saturated carbocycles. The van der Waals surface area contributed by atoms with E-state index >= 15 is 0 Å². The zero-order valence-corrected chi connectivity index (χ0v) is 9.07. The van der Waals surface area contributed by atoms with E-state index in [0.717, 1.165) is 11.3 Å². The molecule has 1 amide bonds. The standard InChI is InChI=1S/C12H16N2O2/c15-7-3-6-13-12(16)10-8-14-11-5-2-1-4-9(10)11/h1-2,4-5,10,14-15H,3,6-8H2,(H,13,16). The van der Waals surface area contributed by atoms with E-state index in [0.29, 0.717) is 19.5 Å². The first-order chi connectivity index (χ1) is 7.83. The molecule has 0 fully saturated rings. The molecule has 1 aromatic carbocycles. The number of carbonyl (C=O) groups is 1. The van der Waals surface area contributed by atoms with Crippen LogP contribution in [0.25, 0.3) is 0 Å². The third-order valence-corrected chi connectivity index (χ3v) is 2.78. The number of carbonyl (C=O) groups excluding carboxylic acids is 1. The highest BCUT2D eigenvalue weighted by Gasteiger charge is 2.27. The molecule has 1 aliphatic rings. The molecule has 0 spiro atoms. The number of aliphatic hydroxyl groups excluding tert-OH is 1. The fourth-order valence-electron chi connectivity index (χ4n) is 1.93. The molecular weight excluding hydrogens is 204 g/mol. The van der Waals surface area contributed by atoms with Gasteiger partial charge < -0.3 is 15.7 Å². The van der Waals surface area contributed by atoms with Gasteiger partial charge in [0.2, 0.25) is 5.91 Å². The summed E-state index contributed by atoms with van der Waals surface area (Å²) in [5.74, 6) is -0.0687. The summed E-state index contributed by atoms with van der Waals surface area (Å²) < 4.78 is 0. The second-order valence-corrected chi connectivity index (χ2v) is 3.89.